The molecule has 4 heteroatoms. The zero-order chi connectivity index (χ0) is 13.2. The minimum absolute atomic E-state index is 0.0304. The fourth-order valence-electron chi connectivity index (χ4n) is 2.62. The van der Waals surface area contributed by atoms with E-state index < -0.39 is 0 Å². The highest BCUT2D eigenvalue weighted by atomic mass is 35.5. The number of benzene rings is 1. The van der Waals surface area contributed by atoms with Crippen LogP contribution in [0.4, 0.5) is 5.69 Å². The standard InChI is InChI=1S/C15H15ClN2O/c16-11-4-1-2-5-14(11)17-12-6-3-7-13-10(12)8-9-15(19)18-13/h1-2,4-5,8-9,12,17H,3,6-7H2,(H,18,19). The highest BCUT2D eigenvalue weighted by Crippen LogP contribution is 2.32. The average molecular weight is 275 g/mol. The molecule has 1 atom stereocenters. The summed E-state index contributed by atoms with van der Waals surface area (Å²) in [5.41, 5.74) is 3.12. The molecule has 19 heavy (non-hydrogen) atoms. The first-order chi connectivity index (χ1) is 9.24. The van der Waals surface area contributed by atoms with E-state index in [1.807, 2.05) is 30.3 Å². The fourth-order valence-corrected chi connectivity index (χ4v) is 2.81. The van der Waals surface area contributed by atoms with E-state index >= 15 is 0 Å². The number of aromatic amines is 1. The predicted molar refractivity (Wildman–Crippen MR) is 77.8 cm³/mol. The SMILES string of the molecule is O=c1ccc2c([nH]1)CCCC2Nc1ccccc1Cl. The smallest absolute Gasteiger partial charge is 0.248 e. The predicted octanol–water partition coefficient (Wildman–Crippen LogP) is 3.52. The van der Waals surface area contributed by atoms with Crippen molar-refractivity contribution in [3.63, 3.8) is 0 Å². The molecule has 3 nitrogen and oxygen atoms in total. The zero-order valence-electron chi connectivity index (χ0n) is 10.4. The third kappa shape index (κ3) is 2.51. The number of H-pyrrole nitrogens is 1. The van der Waals surface area contributed by atoms with Crippen molar-refractivity contribution in [1.82, 2.24) is 4.98 Å². The summed E-state index contributed by atoms with van der Waals surface area (Å²) in [5.74, 6) is 0. The van der Waals surface area contributed by atoms with E-state index in [1.165, 1.54) is 5.56 Å². The van der Waals surface area contributed by atoms with Crippen LogP contribution in [0.15, 0.2) is 41.2 Å². The number of pyridine rings is 1. The number of halogens is 1. The molecule has 3 rings (SSSR count). The highest BCUT2D eigenvalue weighted by molar-refractivity contribution is 6.33. The summed E-state index contributed by atoms with van der Waals surface area (Å²) in [6, 6.07) is 11.4. The Hall–Kier alpha value is -1.74. The summed E-state index contributed by atoms with van der Waals surface area (Å²) in [6.45, 7) is 0. The highest BCUT2D eigenvalue weighted by Gasteiger charge is 2.21. The largest absolute Gasteiger partial charge is 0.377 e. The van der Waals surface area contributed by atoms with Crippen LogP contribution in [0.25, 0.3) is 0 Å². The Morgan fingerprint density at radius 1 is 1.21 bits per heavy atom. The van der Waals surface area contributed by atoms with E-state index in [0.717, 1.165) is 35.7 Å². The van der Waals surface area contributed by atoms with E-state index in [1.54, 1.807) is 6.07 Å². The van der Waals surface area contributed by atoms with Gasteiger partial charge in [-0.2, -0.15) is 0 Å². The first-order valence-corrected chi connectivity index (χ1v) is 6.85. The van der Waals surface area contributed by atoms with Crippen molar-refractivity contribution in [3.8, 4) is 0 Å². The molecule has 0 aliphatic heterocycles. The summed E-state index contributed by atoms with van der Waals surface area (Å²) in [4.78, 5) is 14.3. The molecular formula is C15H15ClN2O. The Kier molecular flexibility index (Phi) is 3.30. The number of hydrogen-bond acceptors (Lipinski definition) is 2. The normalized spacial score (nSPS) is 17.8. The number of aryl methyl sites for hydroxylation is 1. The maximum Gasteiger partial charge on any atom is 0.248 e. The van der Waals surface area contributed by atoms with Crippen LogP contribution >= 0.6 is 11.6 Å². The van der Waals surface area contributed by atoms with Crippen molar-refractivity contribution in [2.75, 3.05) is 5.32 Å². The van der Waals surface area contributed by atoms with Crippen LogP contribution in [0.3, 0.4) is 0 Å². The van der Waals surface area contributed by atoms with Gasteiger partial charge in [0.2, 0.25) is 5.56 Å². The number of rotatable bonds is 2. The Labute approximate surface area is 116 Å². The lowest BCUT2D eigenvalue weighted by molar-refractivity contribution is 0.587. The van der Waals surface area contributed by atoms with Gasteiger partial charge in [-0.05, 0) is 43.0 Å². The second kappa shape index (κ2) is 5.10. The van der Waals surface area contributed by atoms with Crippen LogP contribution in [-0.4, -0.2) is 4.98 Å². The fraction of sp³-hybridized carbons (Fsp3) is 0.267. The van der Waals surface area contributed by atoms with E-state index in [-0.39, 0.29) is 11.6 Å². The van der Waals surface area contributed by atoms with Gasteiger partial charge >= 0.3 is 0 Å². The molecular weight excluding hydrogens is 260 g/mol. The van der Waals surface area contributed by atoms with Crippen LogP contribution in [0, 0.1) is 0 Å². The molecule has 0 saturated carbocycles. The first-order valence-electron chi connectivity index (χ1n) is 6.47. The topological polar surface area (TPSA) is 44.9 Å². The lowest BCUT2D eigenvalue weighted by atomic mass is 9.91. The molecule has 2 aromatic rings. The van der Waals surface area contributed by atoms with E-state index in [9.17, 15) is 4.79 Å². The van der Waals surface area contributed by atoms with Crippen LogP contribution in [0.1, 0.15) is 30.1 Å². The van der Waals surface area contributed by atoms with Gasteiger partial charge in [0.25, 0.3) is 0 Å². The van der Waals surface area contributed by atoms with Crippen molar-refractivity contribution < 1.29 is 0 Å². The Bertz CT molecular complexity index is 651. The Morgan fingerprint density at radius 2 is 2.05 bits per heavy atom. The van der Waals surface area contributed by atoms with Crippen LogP contribution in [0.2, 0.25) is 5.02 Å². The van der Waals surface area contributed by atoms with Gasteiger partial charge in [0.05, 0.1) is 16.8 Å². The number of fused-ring (bicyclic) bond motifs is 1. The van der Waals surface area contributed by atoms with Gasteiger partial charge in [-0.3, -0.25) is 4.79 Å². The minimum Gasteiger partial charge on any atom is -0.377 e. The molecule has 1 heterocycles. The van der Waals surface area contributed by atoms with E-state index in [0.29, 0.717) is 0 Å². The molecule has 1 aromatic heterocycles. The van der Waals surface area contributed by atoms with Crippen LogP contribution < -0.4 is 10.9 Å². The third-order valence-corrected chi connectivity index (χ3v) is 3.86. The maximum absolute atomic E-state index is 11.4. The number of nitrogens with one attached hydrogen (secondary N) is 2. The van der Waals surface area contributed by atoms with Gasteiger partial charge in [0, 0.05) is 11.8 Å². The van der Waals surface area contributed by atoms with E-state index in [2.05, 4.69) is 10.3 Å². The second-order valence-corrected chi connectivity index (χ2v) is 5.23. The van der Waals surface area contributed by atoms with Gasteiger partial charge in [-0.25, -0.2) is 0 Å². The number of hydrogen-bond donors (Lipinski definition) is 2. The van der Waals surface area contributed by atoms with Gasteiger partial charge < -0.3 is 10.3 Å². The minimum atomic E-state index is -0.0304. The monoisotopic (exact) mass is 274 g/mol. The molecule has 0 saturated heterocycles. The molecule has 1 aromatic carbocycles. The van der Waals surface area contributed by atoms with Crippen LogP contribution in [-0.2, 0) is 6.42 Å². The molecule has 98 valence electrons. The third-order valence-electron chi connectivity index (χ3n) is 3.54. The number of anilines is 1. The van der Waals surface area contributed by atoms with Crippen molar-refractivity contribution in [2.24, 2.45) is 0 Å². The Morgan fingerprint density at radius 3 is 2.89 bits per heavy atom. The molecule has 1 aliphatic carbocycles. The maximum atomic E-state index is 11.4. The quantitative estimate of drug-likeness (QED) is 0.880. The molecule has 1 aliphatic rings. The van der Waals surface area contributed by atoms with Crippen molar-refractivity contribution in [2.45, 2.75) is 25.3 Å². The lowest BCUT2D eigenvalue weighted by Gasteiger charge is -2.27. The Balaban J connectivity index is 1.92. The van der Waals surface area contributed by atoms with Gasteiger partial charge in [-0.1, -0.05) is 23.7 Å². The zero-order valence-corrected chi connectivity index (χ0v) is 11.2. The molecule has 0 amide bonds. The molecule has 2 N–H and O–H groups in total. The number of aromatic nitrogens is 1. The summed E-state index contributed by atoms with van der Waals surface area (Å²) < 4.78 is 0. The molecule has 0 fully saturated rings. The average Bonchev–Trinajstić information content (AvgIpc) is 2.41. The first kappa shape index (κ1) is 12.3. The molecule has 1 unspecified atom stereocenters. The summed E-state index contributed by atoms with van der Waals surface area (Å²) >= 11 is 6.18. The number of para-hydroxylation sites is 1. The lowest BCUT2D eigenvalue weighted by Crippen LogP contribution is -2.21. The summed E-state index contributed by atoms with van der Waals surface area (Å²) in [7, 11) is 0. The van der Waals surface area contributed by atoms with Crippen LogP contribution in [0.5, 0.6) is 0 Å². The molecule has 0 bridgehead atoms. The molecule has 0 spiro atoms. The van der Waals surface area contributed by atoms with Gasteiger partial charge in [-0.15, -0.1) is 0 Å². The molecule has 0 radical (unpaired) electrons. The summed E-state index contributed by atoms with van der Waals surface area (Å²) in [5, 5.41) is 4.19. The second-order valence-electron chi connectivity index (χ2n) is 4.83. The van der Waals surface area contributed by atoms with Gasteiger partial charge in [0.1, 0.15) is 0 Å². The van der Waals surface area contributed by atoms with E-state index in [4.69, 9.17) is 11.6 Å². The summed E-state index contributed by atoms with van der Waals surface area (Å²) in [6.07, 6.45) is 3.05. The van der Waals surface area contributed by atoms with Crippen molar-refractivity contribution in [3.05, 3.63) is 63.0 Å². The van der Waals surface area contributed by atoms with Crippen molar-refractivity contribution in [1.29, 1.82) is 0 Å². The van der Waals surface area contributed by atoms with Crippen molar-refractivity contribution >= 4 is 17.3 Å². The van der Waals surface area contributed by atoms with Gasteiger partial charge in [0.15, 0.2) is 0 Å².